The van der Waals surface area contributed by atoms with E-state index in [1.165, 1.54) is 26.4 Å². The summed E-state index contributed by atoms with van der Waals surface area (Å²) in [5.41, 5.74) is 2.26. The van der Waals surface area contributed by atoms with Crippen molar-refractivity contribution in [2.45, 2.75) is 12.2 Å². The summed E-state index contributed by atoms with van der Waals surface area (Å²) in [5, 5.41) is 30.9. The predicted octanol–water partition coefficient (Wildman–Crippen LogP) is 4.36. The number of phenolic OH excluding ortho intramolecular Hbond substituents is 1. The SMILES string of the molecule is COc1cc([C@@H]2Oc3cc(/C=C/c4ccc([N+](=O)[O-])cc4)ccc3O[C@H]2CO)cc(OC)c1O. The quantitative estimate of drug-likeness (QED) is 0.300. The van der Waals surface area contributed by atoms with Crippen molar-refractivity contribution >= 4 is 17.8 Å². The molecular weight excluding hydrogens is 442 g/mol. The molecule has 176 valence electrons. The van der Waals surface area contributed by atoms with Crippen LogP contribution in [-0.2, 0) is 0 Å². The molecule has 0 aliphatic carbocycles. The van der Waals surface area contributed by atoms with E-state index in [0.717, 1.165) is 11.1 Å². The molecule has 0 radical (unpaired) electrons. The van der Waals surface area contributed by atoms with E-state index in [-0.39, 0.29) is 29.5 Å². The molecule has 0 fully saturated rings. The van der Waals surface area contributed by atoms with Gasteiger partial charge in [0.2, 0.25) is 5.75 Å². The van der Waals surface area contributed by atoms with E-state index in [1.807, 2.05) is 18.2 Å². The van der Waals surface area contributed by atoms with Crippen molar-refractivity contribution in [3.05, 3.63) is 81.4 Å². The Morgan fingerprint density at radius 1 is 0.941 bits per heavy atom. The van der Waals surface area contributed by atoms with Crippen LogP contribution < -0.4 is 18.9 Å². The number of hydrogen-bond donors (Lipinski definition) is 2. The number of non-ortho nitro benzene ring substituents is 1. The van der Waals surface area contributed by atoms with Crippen LogP contribution in [0.3, 0.4) is 0 Å². The average Bonchev–Trinajstić information content (AvgIpc) is 2.86. The van der Waals surface area contributed by atoms with E-state index >= 15 is 0 Å². The minimum Gasteiger partial charge on any atom is -0.502 e. The third kappa shape index (κ3) is 4.60. The van der Waals surface area contributed by atoms with Crippen molar-refractivity contribution in [3.63, 3.8) is 0 Å². The normalized spacial score (nSPS) is 16.9. The number of hydrogen-bond acceptors (Lipinski definition) is 8. The second-order valence-corrected chi connectivity index (χ2v) is 7.54. The zero-order valence-corrected chi connectivity index (χ0v) is 18.5. The highest BCUT2D eigenvalue weighted by molar-refractivity contribution is 5.71. The number of aliphatic hydroxyl groups excluding tert-OH is 1. The minimum absolute atomic E-state index is 0.0310. The molecule has 0 saturated heterocycles. The first-order valence-corrected chi connectivity index (χ1v) is 10.4. The standard InChI is InChI=1S/C25H23NO8/c1-31-21-12-17(13-22(32-2)24(21)28)25-23(14-27)33-19-10-7-16(11-20(19)34-25)4-3-15-5-8-18(9-6-15)26(29)30/h3-13,23,25,27-28H,14H2,1-2H3/b4-3+/t23-,25-/m0/s1. The smallest absolute Gasteiger partial charge is 0.269 e. The summed E-state index contributed by atoms with van der Waals surface area (Å²) in [5.74, 6) is 1.25. The molecule has 0 bridgehead atoms. The van der Waals surface area contributed by atoms with Crippen molar-refractivity contribution in [2.75, 3.05) is 20.8 Å². The van der Waals surface area contributed by atoms with Gasteiger partial charge in [-0.2, -0.15) is 0 Å². The molecule has 1 aliphatic heterocycles. The van der Waals surface area contributed by atoms with E-state index in [9.17, 15) is 20.3 Å². The number of phenols is 1. The molecule has 9 heteroatoms. The maximum atomic E-state index is 10.8. The number of aliphatic hydroxyl groups is 1. The average molecular weight is 465 g/mol. The lowest BCUT2D eigenvalue weighted by molar-refractivity contribution is -0.384. The van der Waals surface area contributed by atoms with Gasteiger partial charge in [-0.3, -0.25) is 10.1 Å². The Balaban J connectivity index is 1.61. The molecule has 3 aromatic carbocycles. The van der Waals surface area contributed by atoms with Crippen LogP contribution >= 0.6 is 0 Å². The number of rotatable bonds is 7. The number of ether oxygens (including phenoxy) is 4. The highest BCUT2D eigenvalue weighted by atomic mass is 16.6. The lowest BCUT2D eigenvalue weighted by Gasteiger charge is -2.33. The highest BCUT2D eigenvalue weighted by Gasteiger charge is 2.34. The van der Waals surface area contributed by atoms with Crippen LogP contribution in [0.2, 0.25) is 0 Å². The van der Waals surface area contributed by atoms with E-state index in [4.69, 9.17) is 18.9 Å². The molecular formula is C25H23NO8. The van der Waals surface area contributed by atoms with Gasteiger partial charge in [-0.1, -0.05) is 18.2 Å². The fourth-order valence-corrected chi connectivity index (χ4v) is 3.65. The van der Waals surface area contributed by atoms with Crippen molar-refractivity contribution in [1.82, 2.24) is 0 Å². The maximum Gasteiger partial charge on any atom is 0.269 e. The minimum atomic E-state index is -0.687. The molecule has 0 amide bonds. The van der Waals surface area contributed by atoms with Crippen LogP contribution in [0.1, 0.15) is 22.8 Å². The second kappa shape index (κ2) is 9.72. The fourth-order valence-electron chi connectivity index (χ4n) is 3.65. The summed E-state index contributed by atoms with van der Waals surface area (Å²) >= 11 is 0. The van der Waals surface area contributed by atoms with Crippen LogP contribution in [0.4, 0.5) is 5.69 Å². The van der Waals surface area contributed by atoms with Gasteiger partial charge in [-0.25, -0.2) is 0 Å². The van der Waals surface area contributed by atoms with E-state index in [1.54, 1.807) is 36.4 Å². The summed E-state index contributed by atoms with van der Waals surface area (Å²) < 4.78 is 22.7. The van der Waals surface area contributed by atoms with E-state index in [2.05, 4.69) is 0 Å². The first kappa shape index (κ1) is 22.9. The third-order valence-electron chi connectivity index (χ3n) is 5.42. The monoisotopic (exact) mass is 465 g/mol. The number of benzene rings is 3. The largest absolute Gasteiger partial charge is 0.502 e. The second-order valence-electron chi connectivity index (χ2n) is 7.54. The van der Waals surface area contributed by atoms with Crippen LogP contribution in [-0.4, -0.2) is 42.1 Å². The zero-order chi connectivity index (χ0) is 24.2. The molecule has 0 saturated carbocycles. The summed E-state index contributed by atoms with van der Waals surface area (Å²) in [6.07, 6.45) is 2.31. The molecule has 4 rings (SSSR count). The first-order valence-electron chi connectivity index (χ1n) is 10.4. The van der Waals surface area contributed by atoms with Crippen LogP contribution in [0.5, 0.6) is 28.7 Å². The molecule has 9 nitrogen and oxygen atoms in total. The summed E-state index contributed by atoms with van der Waals surface area (Å²) in [6.45, 7) is -0.294. The molecule has 3 aromatic rings. The number of fused-ring (bicyclic) bond motifs is 1. The van der Waals surface area contributed by atoms with Gasteiger partial charge in [-0.05, 0) is 47.5 Å². The fraction of sp³-hybridized carbons (Fsp3) is 0.200. The van der Waals surface area contributed by atoms with Gasteiger partial charge in [0.25, 0.3) is 5.69 Å². The van der Waals surface area contributed by atoms with Crippen LogP contribution in [0.25, 0.3) is 12.2 Å². The Morgan fingerprint density at radius 2 is 1.56 bits per heavy atom. The number of nitro groups is 1. The molecule has 2 atom stereocenters. The van der Waals surface area contributed by atoms with Gasteiger partial charge in [0.1, 0.15) is 0 Å². The van der Waals surface area contributed by atoms with Gasteiger partial charge in [0.15, 0.2) is 35.2 Å². The van der Waals surface area contributed by atoms with Crippen molar-refractivity contribution in [3.8, 4) is 28.7 Å². The number of nitrogens with zero attached hydrogens (tertiary/aromatic N) is 1. The van der Waals surface area contributed by atoms with E-state index < -0.39 is 17.1 Å². The lowest BCUT2D eigenvalue weighted by atomic mass is 10.0. The molecule has 0 unspecified atom stereocenters. The van der Waals surface area contributed by atoms with Gasteiger partial charge in [0, 0.05) is 17.7 Å². The Hall–Kier alpha value is -4.24. The summed E-state index contributed by atoms with van der Waals surface area (Å²) in [6, 6.07) is 14.8. The molecule has 34 heavy (non-hydrogen) atoms. The Bertz CT molecular complexity index is 1200. The van der Waals surface area contributed by atoms with E-state index in [0.29, 0.717) is 17.1 Å². The number of methoxy groups -OCH3 is 2. The lowest BCUT2D eigenvalue weighted by Crippen LogP contribution is -2.36. The van der Waals surface area contributed by atoms with Gasteiger partial charge in [-0.15, -0.1) is 0 Å². The Kier molecular flexibility index (Phi) is 6.55. The summed E-state index contributed by atoms with van der Waals surface area (Å²) in [4.78, 5) is 10.4. The van der Waals surface area contributed by atoms with Crippen LogP contribution in [0, 0.1) is 10.1 Å². The Morgan fingerprint density at radius 3 is 2.15 bits per heavy atom. The molecule has 1 aliphatic rings. The Labute approximate surface area is 195 Å². The predicted molar refractivity (Wildman–Crippen MR) is 125 cm³/mol. The number of aromatic hydroxyl groups is 1. The van der Waals surface area contributed by atoms with Crippen molar-refractivity contribution in [1.29, 1.82) is 0 Å². The van der Waals surface area contributed by atoms with Gasteiger partial charge in [0.05, 0.1) is 25.7 Å². The van der Waals surface area contributed by atoms with Gasteiger partial charge < -0.3 is 29.2 Å². The van der Waals surface area contributed by atoms with Crippen LogP contribution in [0.15, 0.2) is 54.6 Å². The molecule has 0 aromatic heterocycles. The van der Waals surface area contributed by atoms with Crippen molar-refractivity contribution in [2.24, 2.45) is 0 Å². The third-order valence-corrected chi connectivity index (χ3v) is 5.42. The first-order chi connectivity index (χ1) is 16.4. The molecule has 0 spiro atoms. The highest BCUT2D eigenvalue weighted by Crippen LogP contribution is 2.44. The number of nitro benzene ring substituents is 1. The molecule has 1 heterocycles. The van der Waals surface area contributed by atoms with Gasteiger partial charge >= 0.3 is 0 Å². The maximum absolute atomic E-state index is 10.8. The van der Waals surface area contributed by atoms with Crippen molar-refractivity contribution < 1.29 is 34.1 Å². The molecule has 2 N–H and O–H groups in total. The topological polar surface area (TPSA) is 121 Å². The summed E-state index contributed by atoms with van der Waals surface area (Å²) in [7, 11) is 2.86. The zero-order valence-electron chi connectivity index (χ0n) is 18.5.